The summed E-state index contributed by atoms with van der Waals surface area (Å²) >= 11 is 1.72. The fourth-order valence-corrected chi connectivity index (χ4v) is 2.74. The zero-order chi connectivity index (χ0) is 12.1. The fraction of sp³-hybridized carbons (Fsp3) is 0.917. The number of carbonyl (C=O) groups excluding carboxylic acids is 1. The molecule has 1 aliphatic carbocycles. The van der Waals surface area contributed by atoms with E-state index >= 15 is 0 Å². The standard InChI is InChI=1S/C12H24N2OS/c1-4-16-11(8(2)3)12(15)14-7-10(13)9-5-6-9/h8-11H,4-7,13H2,1-3H3,(H,14,15). The number of amides is 1. The van der Waals surface area contributed by atoms with Crippen LogP contribution in [0.15, 0.2) is 0 Å². The summed E-state index contributed by atoms with van der Waals surface area (Å²) in [7, 11) is 0. The van der Waals surface area contributed by atoms with Gasteiger partial charge in [-0.05, 0) is 30.4 Å². The van der Waals surface area contributed by atoms with E-state index in [1.165, 1.54) is 12.8 Å². The minimum absolute atomic E-state index is 0.0661. The van der Waals surface area contributed by atoms with Gasteiger partial charge in [0, 0.05) is 12.6 Å². The van der Waals surface area contributed by atoms with E-state index in [1.54, 1.807) is 11.8 Å². The van der Waals surface area contributed by atoms with E-state index in [-0.39, 0.29) is 17.2 Å². The van der Waals surface area contributed by atoms with Crippen molar-refractivity contribution < 1.29 is 4.79 Å². The predicted molar refractivity (Wildman–Crippen MR) is 70.5 cm³/mol. The molecule has 0 aromatic rings. The normalized spacial score (nSPS) is 19.6. The molecule has 1 saturated carbocycles. The third kappa shape index (κ3) is 4.34. The van der Waals surface area contributed by atoms with Gasteiger partial charge in [-0.2, -0.15) is 0 Å². The molecule has 4 heteroatoms. The number of nitrogens with two attached hydrogens (primary N) is 1. The van der Waals surface area contributed by atoms with Crippen molar-refractivity contribution in [2.45, 2.75) is 44.9 Å². The van der Waals surface area contributed by atoms with Crippen LogP contribution in [-0.2, 0) is 4.79 Å². The van der Waals surface area contributed by atoms with Gasteiger partial charge in [0.15, 0.2) is 0 Å². The van der Waals surface area contributed by atoms with Crippen LogP contribution in [0.1, 0.15) is 33.6 Å². The lowest BCUT2D eigenvalue weighted by molar-refractivity contribution is -0.121. The zero-order valence-electron chi connectivity index (χ0n) is 10.5. The van der Waals surface area contributed by atoms with Crippen LogP contribution in [0.5, 0.6) is 0 Å². The molecule has 1 aliphatic rings. The second-order valence-corrected chi connectivity index (χ2v) is 6.28. The average molecular weight is 244 g/mol. The molecule has 0 bridgehead atoms. The molecule has 1 amide bonds. The first-order chi connectivity index (χ1) is 7.56. The van der Waals surface area contributed by atoms with Gasteiger partial charge >= 0.3 is 0 Å². The Hall–Kier alpha value is -0.220. The lowest BCUT2D eigenvalue weighted by Gasteiger charge is -2.20. The first-order valence-corrected chi connectivity index (χ1v) is 7.26. The van der Waals surface area contributed by atoms with Gasteiger partial charge in [0.25, 0.3) is 0 Å². The van der Waals surface area contributed by atoms with Gasteiger partial charge in [-0.3, -0.25) is 4.79 Å². The molecule has 0 radical (unpaired) electrons. The van der Waals surface area contributed by atoms with Gasteiger partial charge in [0.05, 0.1) is 5.25 Å². The Bertz CT molecular complexity index is 229. The summed E-state index contributed by atoms with van der Waals surface area (Å²) in [6, 6.07) is 0.156. The van der Waals surface area contributed by atoms with Gasteiger partial charge in [-0.15, -0.1) is 11.8 Å². The Morgan fingerprint density at radius 1 is 1.50 bits per heavy atom. The zero-order valence-corrected chi connectivity index (χ0v) is 11.3. The minimum Gasteiger partial charge on any atom is -0.354 e. The lowest BCUT2D eigenvalue weighted by atomic mass is 10.1. The second-order valence-electron chi connectivity index (χ2n) is 4.87. The van der Waals surface area contributed by atoms with Crippen LogP contribution < -0.4 is 11.1 Å². The Balaban J connectivity index is 2.29. The largest absolute Gasteiger partial charge is 0.354 e. The maximum absolute atomic E-state index is 11.9. The van der Waals surface area contributed by atoms with Crippen molar-refractivity contribution in [3.8, 4) is 0 Å². The maximum atomic E-state index is 11.9. The van der Waals surface area contributed by atoms with Crippen LogP contribution >= 0.6 is 11.8 Å². The Morgan fingerprint density at radius 2 is 2.12 bits per heavy atom. The molecule has 3 nitrogen and oxygen atoms in total. The van der Waals surface area contributed by atoms with Crippen molar-refractivity contribution in [2.24, 2.45) is 17.6 Å². The molecule has 0 aromatic heterocycles. The summed E-state index contributed by atoms with van der Waals surface area (Å²) in [6.45, 7) is 6.90. The number of nitrogens with one attached hydrogen (secondary N) is 1. The van der Waals surface area contributed by atoms with Crippen LogP contribution in [0.2, 0.25) is 0 Å². The first kappa shape index (κ1) is 13.8. The lowest BCUT2D eigenvalue weighted by Crippen LogP contribution is -2.43. The van der Waals surface area contributed by atoms with Crippen LogP contribution in [-0.4, -0.2) is 29.5 Å². The van der Waals surface area contributed by atoms with E-state index in [0.717, 1.165) is 5.75 Å². The third-order valence-electron chi connectivity index (χ3n) is 2.95. The minimum atomic E-state index is 0.0661. The Morgan fingerprint density at radius 3 is 2.56 bits per heavy atom. The summed E-state index contributed by atoms with van der Waals surface area (Å²) in [5.74, 6) is 2.15. The summed E-state index contributed by atoms with van der Waals surface area (Å²) in [5.41, 5.74) is 5.96. The number of hydrogen-bond acceptors (Lipinski definition) is 3. The quantitative estimate of drug-likeness (QED) is 0.715. The van der Waals surface area contributed by atoms with E-state index in [0.29, 0.717) is 18.4 Å². The topological polar surface area (TPSA) is 55.1 Å². The third-order valence-corrected chi connectivity index (χ3v) is 4.40. The maximum Gasteiger partial charge on any atom is 0.233 e. The summed E-state index contributed by atoms with van der Waals surface area (Å²) < 4.78 is 0. The van der Waals surface area contributed by atoms with Crippen molar-refractivity contribution in [3.63, 3.8) is 0 Å². The Kier molecular flexibility index (Phi) is 5.62. The van der Waals surface area contributed by atoms with E-state index in [1.807, 2.05) is 0 Å². The second kappa shape index (κ2) is 6.50. The molecule has 3 N–H and O–H groups in total. The summed E-state index contributed by atoms with van der Waals surface area (Å²) in [5, 5.41) is 3.05. The molecule has 0 aromatic carbocycles. The molecule has 16 heavy (non-hydrogen) atoms. The summed E-state index contributed by atoms with van der Waals surface area (Å²) in [4.78, 5) is 11.9. The van der Waals surface area contributed by atoms with Crippen LogP contribution in [0.3, 0.4) is 0 Å². The van der Waals surface area contributed by atoms with Crippen molar-refractivity contribution in [3.05, 3.63) is 0 Å². The SMILES string of the molecule is CCSC(C(=O)NCC(N)C1CC1)C(C)C. The van der Waals surface area contributed by atoms with E-state index in [4.69, 9.17) is 5.73 Å². The number of carbonyl (C=O) groups is 1. The van der Waals surface area contributed by atoms with Gasteiger partial charge in [-0.1, -0.05) is 20.8 Å². The van der Waals surface area contributed by atoms with Crippen molar-refractivity contribution >= 4 is 17.7 Å². The van der Waals surface area contributed by atoms with E-state index in [9.17, 15) is 4.79 Å². The molecular formula is C12H24N2OS. The van der Waals surface area contributed by atoms with Gasteiger partial charge in [-0.25, -0.2) is 0 Å². The highest BCUT2D eigenvalue weighted by Crippen LogP contribution is 2.31. The predicted octanol–water partition coefficient (Wildman–Crippen LogP) is 1.62. The molecule has 94 valence electrons. The highest BCUT2D eigenvalue weighted by Gasteiger charge is 2.29. The number of rotatable bonds is 7. The van der Waals surface area contributed by atoms with Crippen LogP contribution in [0, 0.1) is 11.8 Å². The van der Waals surface area contributed by atoms with E-state index < -0.39 is 0 Å². The molecule has 0 heterocycles. The molecular weight excluding hydrogens is 220 g/mol. The molecule has 2 atom stereocenters. The summed E-state index contributed by atoms with van der Waals surface area (Å²) in [6.07, 6.45) is 2.46. The molecule has 1 rings (SSSR count). The number of thioether (sulfide) groups is 1. The molecule has 1 fully saturated rings. The van der Waals surface area contributed by atoms with E-state index in [2.05, 4.69) is 26.1 Å². The monoisotopic (exact) mass is 244 g/mol. The molecule has 0 aliphatic heterocycles. The van der Waals surface area contributed by atoms with Crippen molar-refractivity contribution in [1.29, 1.82) is 0 Å². The van der Waals surface area contributed by atoms with Gasteiger partial charge in [0.1, 0.15) is 0 Å². The highest BCUT2D eigenvalue weighted by molar-refractivity contribution is 8.00. The fourth-order valence-electron chi connectivity index (χ4n) is 1.76. The van der Waals surface area contributed by atoms with Crippen molar-refractivity contribution in [1.82, 2.24) is 5.32 Å². The molecule has 0 saturated heterocycles. The average Bonchev–Trinajstić information content (AvgIpc) is 3.05. The number of hydrogen-bond donors (Lipinski definition) is 2. The van der Waals surface area contributed by atoms with Gasteiger partial charge < -0.3 is 11.1 Å². The van der Waals surface area contributed by atoms with Crippen LogP contribution in [0.25, 0.3) is 0 Å². The highest BCUT2D eigenvalue weighted by atomic mass is 32.2. The Labute approximate surface area is 103 Å². The van der Waals surface area contributed by atoms with Crippen LogP contribution in [0.4, 0.5) is 0 Å². The first-order valence-electron chi connectivity index (χ1n) is 6.21. The van der Waals surface area contributed by atoms with Crippen molar-refractivity contribution in [2.75, 3.05) is 12.3 Å². The van der Waals surface area contributed by atoms with Gasteiger partial charge in [0.2, 0.25) is 5.91 Å². The molecule has 2 unspecified atom stereocenters. The smallest absolute Gasteiger partial charge is 0.233 e. The molecule has 0 spiro atoms.